The molecule has 1 aliphatic rings. The molecule has 1 aliphatic heterocycles. The Balaban J connectivity index is 1.45. The van der Waals surface area contributed by atoms with E-state index >= 15 is 0 Å². The summed E-state index contributed by atoms with van der Waals surface area (Å²) >= 11 is 0. The van der Waals surface area contributed by atoms with Gasteiger partial charge in [0.15, 0.2) is 0 Å². The highest BCUT2D eigenvalue weighted by Gasteiger charge is 2.25. The van der Waals surface area contributed by atoms with Crippen molar-refractivity contribution in [2.45, 2.75) is 26.3 Å². The molecule has 3 aromatic heterocycles. The van der Waals surface area contributed by atoms with E-state index in [2.05, 4.69) is 49.5 Å². The number of aryl methyl sites for hydroxylation is 3. The van der Waals surface area contributed by atoms with Crippen LogP contribution < -0.4 is 15.0 Å². The van der Waals surface area contributed by atoms with Gasteiger partial charge in [-0.15, -0.1) is 10.2 Å². The monoisotopic (exact) mass is 583 g/mol. The number of nitro benzene ring substituents is 1. The van der Waals surface area contributed by atoms with Crippen LogP contribution in [0.2, 0.25) is 0 Å². The van der Waals surface area contributed by atoms with Gasteiger partial charge >= 0.3 is 0 Å². The maximum atomic E-state index is 12.1. The van der Waals surface area contributed by atoms with Gasteiger partial charge in [-0.05, 0) is 32.5 Å². The molecule has 2 aromatic carbocycles. The van der Waals surface area contributed by atoms with E-state index < -0.39 is 4.92 Å². The average molecular weight is 584 g/mol. The SMILES string of the molecule is COc1cc(N(C)CCN(C)C)c([N+](=O)[O-])cc1Nc1ncc(-c2nnc(C)o2)c(-c2cn3c4c(cccc24)CCC3)n1. The topological polar surface area (TPSA) is 141 Å². The van der Waals surface area contributed by atoms with Crippen molar-refractivity contribution in [3.63, 3.8) is 0 Å². The summed E-state index contributed by atoms with van der Waals surface area (Å²) in [6.45, 7) is 3.97. The molecule has 4 heterocycles. The highest BCUT2D eigenvalue weighted by Crippen LogP contribution is 2.41. The molecule has 0 saturated heterocycles. The summed E-state index contributed by atoms with van der Waals surface area (Å²) in [5.41, 5.74) is 5.35. The smallest absolute Gasteiger partial charge is 0.294 e. The first kappa shape index (κ1) is 28.1. The molecule has 0 amide bonds. The van der Waals surface area contributed by atoms with Crippen LogP contribution in [0.15, 0.2) is 47.1 Å². The number of benzene rings is 2. The van der Waals surface area contributed by atoms with Gasteiger partial charge in [0.2, 0.25) is 11.8 Å². The lowest BCUT2D eigenvalue weighted by molar-refractivity contribution is -0.384. The second-order valence-electron chi connectivity index (χ2n) is 10.9. The van der Waals surface area contributed by atoms with E-state index in [0.29, 0.717) is 46.7 Å². The predicted octanol–water partition coefficient (Wildman–Crippen LogP) is 5.06. The number of ether oxygens (including phenoxy) is 1. The Morgan fingerprint density at radius 1 is 1.16 bits per heavy atom. The Kier molecular flexibility index (Phi) is 7.40. The van der Waals surface area contributed by atoms with Gasteiger partial charge in [-0.3, -0.25) is 10.1 Å². The van der Waals surface area contributed by atoms with Crippen molar-refractivity contribution in [2.75, 3.05) is 51.6 Å². The van der Waals surface area contributed by atoms with E-state index in [1.54, 1.807) is 19.2 Å². The summed E-state index contributed by atoms with van der Waals surface area (Å²) in [7, 11) is 7.26. The molecular weight excluding hydrogens is 550 g/mol. The zero-order valence-electron chi connectivity index (χ0n) is 24.8. The molecule has 1 N–H and O–H groups in total. The number of nitrogens with zero attached hydrogens (tertiary/aromatic N) is 8. The average Bonchev–Trinajstić information content (AvgIpc) is 3.60. The van der Waals surface area contributed by atoms with Gasteiger partial charge < -0.3 is 28.8 Å². The van der Waals surface area contributed by atoms with Gasteiger partial charge in [0, 0.05) is 69.1 Å². The van der Waals surface area contributed by atoms with Crippen LogP contribution in [0.25, 0.3) is 33.6 Å². The first-order valence-electron chi connectivity index (χ1n) is 14.0. The summed E-state index contributed by atoms with van der Waals surface area (Å²) in [6.07, 6.45) is 5.82. The predicted molar refractivity (Wildman–Crippen MR) is 164 cm³/mol. The van der Waals surface area contributed by atoms with Crippen LogP contribution in [-0.4, -0.2) is 75.9 Å². The van der Waals surface area contributed by atoms with E-state index in [1.807, 2.05) is 30.9 Å². The zero-order chi connectivity index (χ0) is 30.2. The van der Waals surface area contributed by atoms with Crippen LogP contribution in [0.1, 0.15) is 17.9 Å². The minimum atomic E-state index is -0.396. The number of nitrogens with one attached hydrogen (secondary N) is 1. The normalized spacial score (nSPS) is 12.6. The number of nitro groups is 1. The largest absolute Gasteiger partial charge is 0.494 e. The molecule has 43 heavy (non-hydrogen) atoms. The van der Waals surface area contributed by atoms with E-state index in [4.69, 9.17) is 14.1 Å². The molecule has 13 heteroatoms. The van der Waals surface area contributed by atoms with E-state index in [1.165, 1.54) is 24.3 Å². The fraction of sp³-hybridized carbons (Fsp3) is 0.333. The highest BCUT2D eigenvalue weighted by molar-refractivity contribution is 6.00. The Labute approximate surface area is 248 Å². The van der Waals surface area contributed by atoms with Gasteiger partial charge in [0.05, 0.1) is 34.5 Å². The first-order chi connectivity index (χ1) is 20.7. The van der Waals surface area contributed by atoms with Gasteiger partial charge in [0.1, 0.15) is 11.4 Å². The number of hydrogen-bond acceptors (Lipinski definition) is 11. The quantitative estimate of drug-likeness (QED) is 0.174. The fourth-order valence-corrected chi connectivity index (χ4v) is 5.52. The molecule has 6 rings (SSSR count). The summed E-state index contributed by atoms with van der Waals surface area (Å²) in [5.74, 6) is 1.40. The van der Waals surface area contributed by atoms with Crippen molar-refractivity contribution in [3.05, 3.63) is 64.3 Å². The molecular formula is C30H33N9O4. The number of anilines is 3. The third-order valence-electron chi connectivity index (χ3n) is 7.66. The third kappa shape index (κ3) is 5.34. The van der Waals surface area contributed by atoms with Gasteiger partial charge in [-0.25, -0.2) is 9.97 Å². The molecule has 0 saturated carbocycles. The van der Waals surface area contributed by atoms with Crippen molar-refractivity contribution < 1.29 is 14.1 Å². The molecule has 0 bridgehead atoms. The molecule has 0 atom stereocenters. The Morgan fingerprint density at radius 3 is 2.72 bits per heavy atom. The Morgan fingerprint density at radius 2 is 2.00 bits per heavy atom. The van der Waals surface area contributed by atoms with Crippen LogP contribution >= 0.6 is 0 Å². The number of methoxy groups -OCH3 is 1. The number of aromatic nitrogens is 5. The molecule has 0 spiro atoms. The van der Waals surface area contributed by atoms with Gasteiger partial charge in [-0.1, -0.05) is 18.2 Å². The molecule has 0 radical (unpaired) electrons. The van der Waals surface area contributed by atoms with Crippen LogP contribution in [0, 0.1) is 17.0 Å². The zero-order valence-corrected chi connectivity index (χ0v) is 24.8. The first-order valence-corrected chi connectivity index (χ1v) is 14.0. The van der Waals surface area contributed by atoms with Crippen LogP contribution in [0.4, 0.5) is 23.0 Å². The van der Waals surface area contributed by atoms with E-state index in [-0.39, 0.29) is 11.6 Å². The maximum absolute atomic E-state index is 12.1. The number of para-hydroxylation sites is 1. The maximum Gasteiger partial charge on any atom is 0.294 e. The van der Waals surface area contributed by atoms with Crippen molar-refractivity contribution in [3.8, 4) is 28.5 Å². The van der Waals surface area contributed by atoms with Crippen LogP contribution in [-0.2, 0) is 13.0 Å². The molecule has 0 fully saturated rings. The number of hydrogen-bond donors (Lipinski definition) is 1. The van der Waals surface area contributed by atoms with E-state index in [0.717, 1.165) is 36.9 Å². The van der Waals surface area contributed by atoms with Gasteiger partial charge in [-0.2, -0.15) is 0 Å². The molecule has 13 nitrogen and oxygen atoms in total. The lowest BCUT2D eigenvalue weighted by Gasteiger charge is -2.22. The summed E-state index contributed by atoms with van der Waals surface area (Å²) < 4.78 is 13.7. The highest BCUT2D eigenvalue weighted by atomic mass is 16.6. The summed E-state index contributed by atoms with van der Waals surface area (Å²) in [4.78, 5) is 25.1. The second-order valence-corrected chi connectivity index (χ2v) is 10.9. The summed E-state index contributed by atoms with van der Waals surface area (Å²) in [5, 5.41) is 24.6. The molecule has 5 aromatic rings. The van der Waals surface area contributed by atoms with Gasteiger partial charge in [0.25, 0.3) is 11.6 Å². The van der Waals surface area contributed by atoms with Crippen molar-refractivity contribution in [1.82, 2.24) is 29.6 Å². The molecule has 0 aliphatic carbocycles. The van der Waals surface area contributed by atoms with Crippen molar-refractivity contribution in [2.24, 2.45) is 0 Å². The second kappa shape index (κ2) is 11.3. The minimum absolute atomic E-state index is 0.0586. The third-order valence-corrected chi connectivity index (χ3v) is 7.66. The number of likely N-dealkylation sites (N-methyl/N-ethyl adjacent to an activating group) is 2. The number of rotatable bonds is 10. The van der Waals surface area contributed by atoms with Crippen LogP contribution in [0.3, 0.4) is 0 Å². The lowest BCUT2D eigenvalue weighted by Crippen LogP contribution is -2.28. The van der Waals surface area contributed by atoms with Crippen molar-refractivity contribution in [1.29, 1.82) is 0 Å². The van der Waals surface area contributed by atoms with E-state index in [9.17, 15) is 10.1 Å². The van der Waals surface area contributed by atoms with Crippen molar-refractivity contribution >= 4 is 33.9 Å². The van der Waals surface area contributed by atoms with Crippen LogP contribution in [0.5, 0.6) is 5.75 Å². The Bertz CT molecular complexity index is 1830. The standard InChI is InChI=1S/C30H33N9O4/c1-18-34-35-29(43-18)21-16-31-30(33-27(21)22-17-38-11-7-9-19-8-6-10-20(22)28(19)38)32-23-14-25(39(40)41)24(15-26(23)42-5)37(4)13-12-36(2)3/h6,8,10,14-17H,7,9,11-13H2,1-5H3,(H,31,32,33). The molecule has 0 unspecified atom stereocenters. The lowest BCUT2D eigenvalue weighted by atomic mass is 10.0. The molecule has 222 valence electrons. The minimum Gasteiger partial charge on any atom is -0.494 e. The fourth-order valence-electron chi connectivity index (χ4n) is 5.52. The Hall–Kier alpha value is -5.04. The summed E-state index contributed by atoms with van der Waals surface area (Å²) in [6, 6.07) is 9.44.